The first kappa shape index (κ1) is 17.0. The van der Waals surface area contributed by atoms with E-state index >= 15 is 0 Å². The monoisotopic (exact) mass is 371 g/mol. The predicted octanol–water partition coefficient (Wildman–Crippen LogP) is 7.38. The Hall–Kier alpha value is -2.41. The molecule has 4 aromatic rings. The van der Waals surface area contributed by atoms with E-state index in [2.05, 4.69) is 84.0 Å². The molecule has 0 aliphatic rings. The molecule has 0 fully saturated rings. The van der Waals surface area contributed by atoms with Crippen molar-refractivity contribution >= 4 is 20.0 Å². The first-order valence-electron chi connectivity index (χ1n) is 8.47. The zero-order valence-corrected chi connectivity index (χ0v) is 16.2. The molecule has 0 aliphatic heterocycles. The molecule has 0 saturated carbocycles. The molecule has 0 N–H and O–H groups in total. The lowest BCUT2D eigenvalue weighted by molar-refractivity contribution is 1.34. The molecule has 2 heterocycles. The third kappa shape index (κ3) is 3.72. The summed E-state index contributed by atoms with van der Waals surface area (Å²) < 4.78 is 0. The van der Waals surface area contributed by atoms with Gasteiger partial charge in [0.2, 0.25) is 0 Å². The summed E-state index contributed by atoms with van der Waals surface area (Å²) in [6.07, 6.45) is 3.97. The molecule has 26 heavy (non-hydrogen) atoms. The fourth-order valence-electron chi connectivity index (χ4n) is 2.88. The highest BCUT2D eigenvalue weighted by molar-refractivity contribution is 7.98. The summed E-state index contributed by atoms with van der Waals surface area (Å²) in [6, 6.07) is 30.0. The highest BCUT2D eigenvalue weighted by Gasteiger charge is 2.08. The number of thioether (sulfide) groups is 1. The van der Waals surface area contributed by atoms with Crippen LogP contribution < -0.4 is 0 Å². The molecule has 4 rings (SSSR count). The van der Waals surface area contributed by atoms with Crippen molar-refractivity contribution in [2.24, 2.45) is 0 Å². The Balaban J connectivity index is 1.87. The van der Waals surface area contributed by atoms with E-state index in [9.17, 15) is 0 Å². The van der Waals surface area contributed by atoms with Gasteiger partial charge in [-0.15, -0.1) is 11.8 Å². The summed E-state index contributed by atoms with van der Waals surface area (Å²) in [4.78, 5) is 5.85. The van der Waals surface area contributed by atoms with Gasteiger partial charge in [0.1, 0.15) is 0 Å². The normalized spacial score (nSPS) is 11.0. The summed E-state index contributed by atoms with van der Waals surface area (Å²) in [6.45, 7) is 0. The smallest absolute Gasteiger partial charge is 0.0748 e. The number of rotatable bonds is 4. The quantitative estimate of drug-likeness (QED) is 0.347. The minimum atomic E-state index is 1.04. The molecule has 2 aromatic carbocycles. The van der Waals surface area contributed by atoms with E-state index in [-0.39, 0.29) is 0 Å². The Kier molecular flexibility index (Phi) is 5.15. The standard InChI is InChI=1S/C23H18NPS/c1-26-20-12-10-17(11-13-20)19-15-22(18-7-3-2-4-8-18)25-23(16-19)21-9-5-6-14-24-21/h2-16H,1H3. The van der Waals surface area contributed by atoms with Crippen molar-refractivity contribution in [1.29, 1.82) is 0 Å². The molecule has 1 nitrogen and oxygen atoms in total. The second-order valence-corrected chi connectivity index (χ2v) is 8.00. The van der Waals surface area contributed by atoms with Crippen molar-refractivity contribution < 1.29 is 0 Å². The van der Waals surface area contributed by atoms with Crippen LogP contribution in [0.15, 0.2) is 96.0 Å². The SMILES string of the molecule is CSc1ccc(-c2cc(-c3ccccc3)pc(-c3ccccn3)c2)cc1. The van der Waals surface area contributed by atoms with Crippen molar-refractivity contribution in [2.45, 2.75) is 4.90 Å². The third-order valence-electron chi connectivity index (χ3n) is 4.25. The molecule has 126 valence electrons. The Morgan fingerprint density at radius 3 is 2.12 bits per heavy atom. The van der Waals surface area contributed by atoms with Crippen LogP contribution in [0.1, 0.15) is 0 Å². The summed E-state index contributed by atoms with van der Waals surface area (Å²) in [5.74, 6) is 0. The van der Waals surface area contributed by atoms with Crippen molar-refractivity contribution in [1.82, 2.24) is 4.98 Å². The van der Waals surface area contributed by atoms with Gasteiger partial charge in [-0.2, -0.15) is 0 Å². The molecular weight excluding hydrogens is 353 g/mol. The number of aromatic nitrogens is 1. The Labute approximate surface area is 160 Å². The molecule has 3 heteroatoms. The van der Waals surface area contributed by atoms with Gasteiger partial charge in [0.05, 0.1) is 5.69 Å². The molecule has 2 aromatic heterocycles. The van der Waals surface area contributed by atoms with Gasteiger partial charge in [-0.05, 0) is 59.3 Å². The van der Waals surface area contributed by atoms with E-state index in [4.69, 9.17) is 0 Å². The second-order valence-electron chi connectivity index (χ2n) is 5.94. The van der Waals surface area contributed by atoms with Crippen molar-refractivity contribution in [3.05, 3.63) is 91.1 Å². The minimum Gasteiger partial charge on any atom is -0.256 e. The second kappa shape index (κ2) is 7.86. The predicted molar refractivity (Wildman–Crippen MR) is 115 cm³/mol. The van der Waals surface area contributed by atoms with Crippen LogP contribution >= 0.6 is 20.0 Å². The van der Waals surface area contributed by atoms with Crippen molar-refractivity contribution in [2.75, 3.05) is 6.26 Å². The van der Waals surface area contributed by atoms with E-state index in [1.165, 1.54) is 40.4 Å². The van der Waals surface area contributed by atoms with Gasteiger partial charge < -0.3 is 0 Å². The first-order chi connectivity index (χ1) is 12.8. The van der Waals surface area contributed by atoms with Crippen LogP contribution in [0.2, 0.25) is 0 Å². The van der Waals surface area contributed by atoms with E-state index < -0.39 is 0 Å². The summed E-state index contributed by atoms with van der Waals surface area (Å²) >= 11 is 1.77. The topological polar surface area (TPSA) is 12.9 Å². The largest absolute Gasteiger partial charge is 0.256 e. The Morgan fingerprint density at radius 2 is 1.42 bits per heavy atom. The Bertz CT molecular complexity index is 942. The van der Waals surface area contributed by atoms with Gasteiger partial charge in [-0.25, -0.2) is 0 Å². The van der Waals surface area contributed by atoms with Crippen LogP contribution in [0, 0.1) is 0 Å². The lowest BCUT2D eigenvalue weighted by Gasteiger charge is -2.10. The highest BCUT2D eigenvalue weighted by atomic mass is 32.2. The van der Waals surface area contributed by atoms with Crippen LogP contribution in [0.3, 0.4) is 0 Å². The lowest BCUT2D eigenvalue weighted by Crippen LogP contribution is -1.84. The van der Waals surface area contributed by atoms with Crippen LogP contribution in [-0.4, -0.2) is 11.2 Å². The van der Waals surface area contributed by atoms with Gasteiger partial charge in [0.25, 0.3) is 0 Å². The molecule has 0 saturated heterocycles. The van der Waals surface area contributed by atoms with E-state index in [1.54, 1.807) is 11.8 Å². The van der Waals surface area contributed by atoms with Crippen LogP contribution in [-0.2, 0) is 0 Å². The zero-order chi connectivity index (χ0) is 17.8. The van der Waals surface area contributed by atoms with Crippen LogP contribution in [0.5, 0.6) is 0 Å². The highest BCUT2D eigenvalue weighted by Crippen LogP contribution is 2.40. The Morgan fingerprint density at radius 1 is 0.692 bits per heavy atom. The van der Waals surface area contributed by atoms with Gasteiger partial charge in [-0.1, -0.05) is 56.7 Å². The molecule has 0 amide bonds. The molecule has 0 spiro atoms. The maximum Gasteiger partial charge on any atom is 0.0748 e. The zero-order valence-electron chi connectivity index (χ0n) is 14.5. The molecule has 0 aliphatic carbocycles. The molecule has 0 unspecified atom stereocenters. The van der Waals surface area contributed by atoms with Gasteiger partial charge in [0, 0.05) is 21.7 Å². The molecule has 0 bridgehead atoms. The first-order valence-corrected chi connectivity index (χ1v) is 10.6. The van der Waals surface area contributed by atoms with E-state index in [0.717, 1.165) is 5.69 Å². The number of nitrogens with zero attached hydrogens (tertiary/aromatic N) is 1. The van der Waals surface area contributed by atoms with Gasteiger partial charge in [0.15, 0.2) is 0 Å². The molecular formula is C23H18NPS. The summed E-state index contributed by atoms with van der Waals surface area (Å²) in [5, 5.41) is 2.54. The fraction of sp³-hybridized carbons (Fsp3) is 0.0435. The van der Waals surface area contributed by atoms with Crippen LogP contribution in [0.4, 0.5) is 0 Å². The number of hydrogen-bond donors (Lipinski definition) is 0. The molecule has 0 radical (unpaired) electrons. The maximum atomic E-state index is 4.57. The average Bonchev–Trinajstić information content (AvgIpc) is 2.75. The summed E-state index contributed by atoms with van der Waals surface area (Å²) in [7, 11) is 1.19. The van der Waals surface area contributed by atoms with Crippen LogP contribution in [0.25, 0.3) is 33.0 Å². The van der Waals surface area contributed by atoms with Gasteiger partial charge in [-0.3, -0.25) is 4.98 Å². The fourth-order valence-corrected chi connectivity index (χ4v) is 4.48. The van der Waals surface area contributed by atoms with E-state index in [1.807, 2.05) is 18.3 Å². The molecule has 0 atom stereocenters. The van der Waals surface area contributed by atoms with Crippen molar-refractivity contribution in [3.8, 4) is 33.0 Å². The average molecular weight is 371 g/mol. The minimum absolute atomic E-state index is 1.04. The van der Waals surface area contributed by atoms with E-state index in [0.29, 0.717) is 0 Å². The van der Waals surface area contributed by atoms with Gasteiger partial charge >= 0.3 is 0 Å². The number of benzene rings is 2. The van der Waals surface area contributed by atoms with Crippen molar-refractivity contribution in [3.63, 3.8) is 0 Å². The lowest BCUT2D eigenvalue weighted by atomic mass is 10.0. The number of hydrogen-bond acceptors (Lipinski definition) is 2. The maximum absolute atomic E-state index is 4.57. The summed E-state index contributed by atoms with van der Waals surface area (Å²) in [5.41, 5.74) is 4.76. The number of pyridine rings is 1. The third-order valence-corrected chi connectivity index (χ3v) is 6.22.